The van der Waals surface area contributed by atoms with E-state index in [2.05, 4.69) is 10.1 Å². The minimum atomic E-state index is -4.52. The highest BCUT2D eigenvalue weighted by Crippen LogP contribution is 2.16. The average Bonchev–Trinajstić information content (AvgIpc) is 2.33. The van der Waals surface area contributed by atoms with Gasteiger partial charge >= 0.3 is 6.18 Å². The second-order valence-corrected chi connectivity index (χ2v) is 4.13. The first-order valence-corrected chi connectivity index (χ1v) is 5.82. The summed E-state index contributed by atoms with van der Waals surface area (Å²) in [7, 11) is 0. The van der Waals surface area contributed by atoms with Crippen LogP contribution in [0.5, 0.6) is 0 Å². The van der Waals surface area contributed by atoms with Crippen LogP contribution in [0.4, 0.5) is 13.2 Å². The molecule has 0 saturated heterocycles. The summed E-state index contributed by atoms with van der Waals surface area (Å²) >= 11 is 0. The fourth-order valence-corrected chi connectivity index (χ4v) is 1.29. The molecule has 0 fully saturated rings. The van der Waals surface area contributed by atoms with Gasteiger partial charge in [0, 0.05) is 12.3 Å². The van der Waals surface area contributed by atoms with Crippen LogP contribution >= 0.6 is 0 Å². The predicted molar refractivity (Wildman–Crippen MR) is 70.4 cm³/mol. The molecular weight excluding hydrogens is 255 g/mol. The van der Waals surface area contributed by atoms with E-state index in [0.717, 1.165) is 5.56 Å². The number of nitrogens with one attached hydrogen (secondary N) is 1. The summed E-state index contributed by atoms with van der Waals surface area (Å²) in [6.07, 6.45) is -4.06. The fourth-order valence-electron chi connectivity index (χ4n) is 1.29. The Morgan fingerprint density at radius 3 is 2.32 bits per heavy atom. The maximum absolute atomic E-state index is 12.6. The second kappa shape index (κ2) is 6.92. The van der Waals surface area contributed by atoms with Crippen molar-refractivity contribution >= 4 is 11.5 Å². The molecule has 0 atom stereocenters. The van der Waals surface area contributed by atoms with Crippen molar-refractivity contribution < 1.29 is 13.2 Å². The number of halogens is 3. The van der Waals surface area contributed by atoms with Crippen LogP contribution in [0.1, 0.15) is 19.4 Å². The van der Waals surface area contributed by atoms with E-state index in [1.807, 2.05) is 35.8 Å². The first-order valence-electron chi connectivity index (χ1n) is 5.82. The number of rotatable bonds is 4. The second-order valence-electron chi connectivity index (χ2n) is 4.13. The molecule has 0 heterocycles. The number of aliphatic imine (C=N–C) groups is 1. The van der Waals surface area contributed by atoms with Crippen LogP contribution in [0.15, 0.2) is 40.4 Å². The molecule has 0 aliphatic heterocycles. The number of alkyl halides is 3. The minimum Gasteiger partial charge on any atom is -0.263 e. The Morgan fingerprint density at radius 1 is 1.16 bits per heavy atom. The van der Waals surface area contributed by atoms with Gasteiger partial charge in [-0.3, -0.25) is 10.4 Å². The summed E-state index contributed by atoms with van der Waals surface area (Å²) in [5.74, 6) is -1.07. The standard InChI is InChI=1S/C13H16F3N3/c1-10(2)18-19-12(13(14,15)16)17-9-8-11-6-4-3-5-7-11/h3-7H,8-9H2,1-2H3,(H,17,19). The number of hydrogen-bond donors (Lipinski definition) is 1. The lowest BCUT2D eigenvalue weighted by Crippen LogP contribution is -2.34. The van der Waals surface area contributed by atoms with E-state index in [4.69, 9.17) is 0 Å². The van der Waals surface area contributed by atoms with Crippen LogP contribution in [0.2, 0.25) is 0 Å². The van der Waals surface area contributed by atoms with E-state index >= 15 is 0 Å². The van der Waals surface area contributed by atoms with Gasteiger partial charge in [-0.2, -0.15) is 18.3 Å². The van der Waals surface area contributed by atoms with E-state index < -0.39 is 12.0 Å². The topological polar surface area (TPSA) is 36.8 Å². The molecule has 0 amide bonds. The first-order chi connectivity index (χ1) is 8.89. The Hall–Kier alpha value is -1.85. The zero-order valence-corrected chi connectivity index (χ0v) is 10.8. The maximum Gasteiger partial charge on any atom is 0.450 e. The van der Waals surface area contributed by atoms with Gasteiger partial charge in [0.05, 0.1) is 0 Å². The number of nitrogens with zero attached hydrogens (tertiary/aromatic N) is 2. The van der Waals surface area contributed by atoms with E-state index in [1.165, 1.54) is 0 Å². The van der Waals surface area contributed by atoms with Crippen molar-refractivity contribution in [3.8, 4) is 0 Å². The summed E-state index contributed by atoms with van der Waals surface area (Å²) in [6.45, 7) is 3.26. The Labute approximate surface area is 110 Å². The highest BCUT2D eigenvalue weighted by molar-refractivity contribution is 5.89. The summed E-state index contributed by atoms with van der Waals surface area (Å²) < 4.78 is 37.9. The number of benzene rings is 1. The van der Waals surface area contributed by atoms with E-state index in [1.54, 1.807) is 13.8 Å². The average molecular weight is 271 g/mol. The summed E-state index contributed by atoms with van der Waals surface area (Å²) in [6, 6.07) is 9.24. The monoisotopic (exact) mass is 271 g/mol. The van der Waals surface area contributed by atoms with Crippen LogP contribution in [0.25, 0.3) is 0 Å². The molecule has 3 nitrogen and oxygen atoms in total. The van der Waals surface area contributed by atoms with Gasteiger partial charge in [-0.1, -0.05) is 30.3 Å². The third-order valence-electron chi connectivity index (χ3n) is 2.17. The quantitative estimate of drug-likeness (QED) is 0.509. The summed E-state index contributed by atoms with van der Waals surface area (Å²) in [5, 5.41) is 3.53. The molecule has 0 aliphatic rings. The molecule has 0 radical (unpaired) electrons. The van der Waals surface area contributed by atoms with Crippen LogP contribution in [-0.4, -0.2) is 24.3 Å². The largest absolute Gasteiger partial charge is 0.450 e. The Bertz CT molecular complexity index is 446. The molecule has 0 aliphatic carbocycles. The van der Waals surface area contributed by atoms with Gasteiger partial charge in [-0.05, 0) is 25.8 Å². The predicted octanol–water partition coefficient (Wildman–Crippen LogP) is 3.18. The molecule has 1 rings (SSSR count). The van der Waals surface area contributed by atoms with Crippen molar-refractivity contribution in [1.29, 1.82) is 0 Å². The Morgan fingerprint density at radius 2 is 1.79 bits per heavy atom. The molecule has 104 valence electrons. The van der Waals surface area contributed by atoms with Crippen molar-refractivity contribution in [2.24, 2.45) is 10.1 Å². The molecule has 19 heavy (non-hydrogen) atoms. The third-order valence-corrected chi connectivity index (χ3v) is 2.17. The molecule has 0 unspecified atom stereocenters. The first kappa shape index (κ1) is 15.2. The fraction of sp³-hybridized carbons (Fsp3) is 0.385. The smallest absolute Gasteiger partial charge is 0.263 e. The number of amidine groups is 1. The van der Waals surface area contributed by atoms with Gasteiger partial charge in [-0.25, -0.2) is 0 Å². The number of hydrogen-bond acceptors (Lipinski definition) is 2. The van der Waals surface area contributed by atoms with Gasteiger partial charge in [0.1, 0.15) is 0 Å². The van der Waals surface area contributed by atoms with Crippen molar-refractivity contribution in [1.82, 2.24) is 5.43 Å². The third kappa shape index (κ3) is 6.03. The van der Waals surface area contributed by atoms with E-state index in [-0.39, 0.29) is 6.54 Å². The van der Waals surface area contributed by atoms with Crippen LogP contribution in [0, 0.1) is 0 Å². The molecule has 1 aromatic rings. The van der Waals surface area contributed by atoms with Crippen molar-refractivity contribution in [2.45, 2.75) is 26.4 Å². The van der Waals surface area contributed by atoms with Gasteiger partial charge < -0.3 is 0 Å². The molecule has 6 heteroatoms. The van der Waals surface area contributed by atoms with Gasteiger partial charge in [0.25, 0.3) is 0 Å². The molecule has 1 aromatic carbocycles. The lowest BCUT2D eigenvalue weighted by molar-refractivity contribution is -0.0619. The lowest BCUT2D eigenvalue weighted by Gasteiger charge is -2.10. The van der Waals surface area contributed by atoms with Crippen molar-refractivity contribution in [3.63, 3.8) is 0 Å². The minimum absolute atomic E-state index is 0.0597. The van der Waals surface area contributed by atoms with Crippen LogP contribution in [-0.2, 0) is 6.42 Å². The zero-order chi connectivity index (χ0) is 14.3. The molecule has 0 bridgehead atoms. The molecule has 0 spiro atoms. The highest BCUT2D eigenvalue weighted by atomic mass is 19.4. The molecular formula is C13H16F3N3. The maximum atomic E-state index is 12.6. The van der Waals surface area contributed by atoms with E-state index in [9.17, 15) is 13.2 Å². The van der Waals surface area contributed by atoms with Gasteiger partial charge in [0.15, 0.2) is 0 Å². The normalized spacial score (nSPS) is 12.2. The van der Waals surface area contributed by atoms with Crippen molar-refractivity contribution in [3.05, 3.63) is 35.9 Å². The Balaban J connectivity index is 2.65. The van der Waals surface area contributed by atoms with Crippen molar-refractivity contribution in [2.75, 3.05) is 6.54 Å². The Kier molecular flexibility index (Phi) is 5.54. The lowest BCUT2D eigenvalue weighted by atomic mass is 10.2. The summed E-state index contributed by atoms with van der Waals surface area (Å²) in [5.41, 5.74) is 3.41. The number of hydrazone groups is 1. The summed E-state index contributed by atoms with van der Waals surface area (Å²) in [4.78, 5) is 3.54. The molecule has 0 aromatic heterocycles. The molecule has 0 saturated carbocycles. The van der Waals surface area contributed by atoms with Gasteiger partial charge in [-0.15, -0.1) is 0 Å². The zero-order valence-electron chi connectivity index (χ0n) is 10.8. The molecule has 1 N–H and O–H groups in total. The van der Waals surface area contributed by atoms with Crippen LogP contribution in [0.3, 0.4) is 0 Å². The highest BCUT2D eigenvalue weighted by Gasteiger charge is 2.35. The van der Waals surface area contributed by atoms with E-state index in [0.29, 0.717) is 12.1 Å². The SMILES string of the molecule is CC(C)=NNC(=NCCc1ccccc1)C(F)(F)F. The van der Waals surface area contributed by atoms with Crippen LogP contribution < -0.4 is 5.43 Å². The van der Waals surface area contributed by atoms with Gasteiger partial charge in [0.2, 0.25) is 5.84 Å².